The van der Waals surface area contributed by atoms with Gasteiger partial charge < -0.3 is 15.7 Å². The van der Waals surface area contributed by atoms with Crippen LogP contribution in [0.5, 0.6) is 0 Å². The van der Waals surface area contributed by atoms with Gasteiger partial charge in [-0.25, -0.2) is 0 Å². The van der Waals surface area contributed by atoms with Gasteiger partial charge in [0.25, 0.3) is 0 Å². The Hall–Kier alpha value is -1.10. The van der Waals surface area contributed by atoms with E-state index in [2.05, 4.69) is 0 Å². The topological polar surface area (TPSA) is 83.6 Å². The van der Waals surface area contributed by atoms with Crippen molar-refractivity contribution in [2.24, 2.45) is 16.6 Å². The van der Waals surface area contributed by atoms with Gasteiger partial charge in [-0.05, 0) is 25.7 Å². The lowest BCUT2D eigenvalue weighted by Crippen LogP contribution is -2.48. The van der Waals surface area contributed by atoms with Crippen LogP contribution in [0.3, 0.4) is 0 Å². The molecule has 0 radical (unpaired) electrons. The van der Waals surface area contributed by atoms with E-state index in [0.717, 1.165) is 6.42 Å². The van der Waals surface area contributed by atoms with Crippen LogP contribution in [0.2, 0.25) is 0 Å². The average molecular weight is 284 g/mol. The Morgan fingerprint density at radius 1 is 1.30 bits per heavy atom. The van der Waals surface area contributed by atoms with Crippen LogP contribution in [0, 0.1) is 10.8 Å². The SMILES string of the molecule is CCCC1(C(=O)O)CCN(C(=O)C(CC)(CC)CN)C1. The van der Waals surface area contributed by atoms with Crippen LogP contribution < -0.4 is 5.73 Å². The van der Waals surface area contributed by atoms with E-state index in [1.807, 2.05) is 20.8 Å². The Labute approximate surface area is 121 Å². The number of hydrogen-bond acceptors (Lipinski definition) is 3. The molecule has 1 amide bonds. The molecule has 1 rings (SSSR count). The molecule has 1 saturated heterocycles. The van der Waals surface area contributed by atoms with E-state index in [1.165, 1.54) is 0 Å². The standard InChI is InChI=1S/C15H28N2O3/c1-4-7-15(13(19)20)8-9-17(11-15)12(18)14(5-2,6-3)10-16/h4-11,16H2,1-3H3,(H,19,20). The highest BCUT2D eigenvalue weighted by Gasteiger charge is 2.48. The Balaban J connectivity index is 2.90. The number of carboxylic acid groups (broad SMARTS) is 1. The number of carboxylic acids is 1. The number of nitrogens with zero attached hydrogens (tertiary/aromatic N) is 1. The number of nitrogens with two attached hydrogens (primary N) is 1. The zero-order valence-electron chi connectivity index (χ0n) is 12.9. The van der Waals surface area contributed by atoms with E-state index in [9.17, 15) is 14.7 Å². The van der Waals surface area contributed by atoms with Gasteiger partial charge in [0.2, 0.25) is 5.91 Å². The molecule has 5 nitrogen and oxygen atoms in total. The van der Waals surface area contributed by atoms with Crippen LogP contribution in [-0.2, 0) is 9.59 Å². The number of amides is 1. The molecule has 5 heteroatoms. The Morgan fingerprint density at radius 3 is 2.30 bits per heavy atom. The molecule has 0 bridgehead atoms. The van der Waals surface area contributed by atoms with Crippen LogP contribution in [0.4, 0.5) is 0 Å². The number of carbonyl (C=O) groups is 2. The van der Waals surface area contributed by atoms with Crippen LogP contribution in [-0.4, -0.2) is 41.5 Å². The van der Waals surface area contributed by atoms with Gasteiger partial charge >= 0.3 is 5.97 Å². The summed E-state index contributed by atoms with van der Waals surface area (Å²) in [6.45, 7) is 7.12. The van der Waals surface area contributed by atoms with Crippen molar-refractivity contribution in [1.82, 2.24) is 4.90 Å². The molecule has 0 aromatic heterocycles. The Morgan fingerprint density at radius 2 is 1.90 bits per heavy atom. The fraction of sp³-hybridized carbons (Fsp3) is 0.867. The number of aliphatic carboxylic acids is 1. The molecule has 1 heterocycles. The summed E-state index contributed by atoms with van der Waals surface area (Å²) in [5, 5.41) is 9.51. The minimum Gasteiger partial charge on any atom is -0.481 e. The molecule has 0 aromatic carbocycles. The molecule has 1 atom stereocenters. The van der Waals surface area contributed by atoms with Crippen molar-refractivity contribution in [2.45, 2.75) is 52.9 Å². The molecule has 0 saturated carbocycles. The predicted molar refractivity (Wildman–Crippen MR) is 78.2 cm³/mol. The molecular formula is C15H28N2O3. The predicted octanol–water partition coefficient (Wildman–Crippen LogP) is 1.85. The van der Waals surface area contributed by atoms with Crippen LogP contribution in [0.1, 0.15) is 52.9 Å². The third-order valence-electron chi connectivity index (χ3n) is 5.02. The lowest BCUT2D eigenvalue weighted by molar-refractivity contribution is -0.150. The maximum absolute atomic E-state index is 12.7. The summed E-state index contributed by atoms with van der Waals surface area (Å²) in [4.78, 5) is 26.0. The van der Waals surface area contributed by atoms with Crippen molar-refractivity contribution in [3.63, 3.8) is 0 Å². The largest absolute Gasteiger partial charge is 0.481 e. The van der Waals surface area contributed by atoms with Crippen molar-refractivity contribution in [2.75, 3.05) is 19.6 Å². The number of rotatable bonds is 7. The molecule has 1 aliphatic heterocycles. The fourth-order valence-corrected chi connectivity index (χ4v) is 3.27. The highest BCUT2D eigenvalue weighted by atomic mass is 16.4. The van der Waals surface area contributed by atoms with Crippen molar-refractivity contribution in [1.29, 1.82) is 0 Å². The third-order valence-corrected chi connectivity index (χ3v) is 5.02. The molecule has 3 N–H and O–H groups in total. The van der Waals surface area contributed by atoms with Crippen LogP contribution >= 0.6 is 0 Å². The highest BCUT2D eigenvalue weighted by Crippen LogP contribution is 2.38. The first kappa shape index (κ1) is 17.0. The zero-order chi connectivity index (χ0) is 15.4. The molecule has 20 heavy (non-hydrogen) atoms. The van der Waals surface area contributed by atoms with Crippen LogP contribution in [0.15, 0.2) is 0 Å². The van der Waals surface area contributed by atoms with E-state index in [1.54, 1.807) is 4.90 Å². The van der Waals surface area contributed by atoms with E-state index < -0.39 is 16.8 Å². The Bertz CT molecular complexity index is 358. The summed E-state index contributed by atoms with van der Waals surface area (Å²) >= 11 is 0. The van der Waals surface area contributed by atoms with Gasteiger partial charge in [-0.2, -0.15) is 0 Å². The van der Waals surface area contributed by atoms with Gasteiger partial charge in [0.05, 0.1) is 10.8 Å². The quantitative estimate of drug-likeness (QED) is 0.747. The second-order valence-electron chi connectivity index (χ2n) is 6.00. The van der Waals surface area contributed by atoms with Gasteiger partial charge in [0, 0.05) is 19.6 Å². The molecule has 0 spiro atoms. The molecule has 116 valence electrons. The van der Waals surface area contributed by atoms with Crippen LogP contribution in [0.25, 0.3) is 0 Å². The number of likely N-dealkylation sites (tertiary alicyclic amines) is 1. The maximum atomic E-state index is 12.7. The lowest BCUT2D eigenvalue weighted by Gasteiger charge is -2.34. The minimum atomic E-state index is -0.777. The lowest BCUT2D eigenvalue weighted by atomic mass is 9.80. The summed E-state index contributed by atoms with van der Waals surface area (Å²) in [6.07, 6.45) is 3.39. The maximum Gasteiger partial charge on any atom is 0.311 e. The summed E-state index contributed by atoms with van der Waals surface area (Å²) in [5.74, 6) is -0.745. The minimum absolute atomic E-state index is 0.0317. The normalized spacial score (nSPS) is 23.1. The van der Waals surface area contributed by atoms with Gasteiger partial charge in [0.1, 0.15) is 0 Å². The highest BCUT2D eigenvalue weighted by molar-refractivity contribution is 5.85. The van der Waals surface area contributed by atoms with Crippen molar-refractivity contribution < 1.29 is 14.7 Å². The first-order valence-electron chi connectivity index (χ1n) is 7.64. The second kappa shape index (κ2) is 6.57. The average Bonchev–Trinajstić information content (AvgIpc) is 2.87. The summed E-state index contributed by atoms with van der Waals surface area (Å²) in [7, 11) is 0. The van der Waals surface area contributed by atoms with Gasteiger partial charge in [-0.1, -0.05) is 27.2 Å². The summed E-state index contributed by atoms with van der Waals surface area (Å²) in [5.41, 5.74) is 4.53. The van der Waals surface area contributed by atoms with Crippen molar-refractivity contribution in [3.8, 4) is 0 Å². The fourth-order valence-electron chi connectivity index (χ4n) is 3.27. The number of carbonyl (C=O) groups excluding carboxylic acids is 1. The third kappa shape index (κ3) is 2.82. The zero-order valence-corrected chi connectivity index (χ0v) is 12.9. The first-order chi connectivity index (χ1) is 9.41. The second-order valence-corrected chi connectivity index (χ2v) is 6.00. The number of hydrogen-bond donors (Lipinski definition) is 2. The van der Waals surface area contributed by atoms with E-state index in [0.29, 0.717) is 45.3 Å². The molecule has 1 aliphatic rings. The molecule has 1 unspecified atom stereocenters. The van der Waals surface area contributed by atoms with Crippen molar-refractivity contribution >= 4 is 11.9 Å². The van der Waals surface area contributed by atoms with E-state index in [4.69, 9.17) is 5.73 Å². The summed E-state index contributed by atoms with van der Waals surface area (Å²) in [6, 6.07) is 0. The molecular weight excluding hydrogens is 256 g/mol. The van der Waals surface area contributed by atoms with Gasteiger partial charge in [0.15, 0.2) is 0 Å². The van der Waals surface area contributed by atoms with Gasteiger partial charge in [-0.3, -0.25) is 9.59 Å². The molecule has 1 fully saturated rings. The molecule has 0 aromatic rings. The monoisotopic (exact) mass is 284 g/mol. The summed E-state index contributed by atoms with van der Waals surface area (Å²) < 4.78 is 0. The van der Waals surface area contributed by atoms with Gasteiger partial charge in [-0.15, -0.1) is 0 Å². The Kier molecular flexibility index (Phi) is 5.57. The van der Waals surface area contributed by atoms with Crippen molar-refractivity contribution in [3.05, 3.63) is 0 Å². The molecule has 0 aliphatic carbocycles. The van der Waals surface area contributed by atoms with E-state index >= 15 is 0 Å². The smallest absolute Gasteiger partial charge is 0.311 e. The first-order valence-corrected chi connectivity index (χ1v) is 7.64. The van der Waals surface area contributed by atoms with E-state index in [-0.39, 0.29) is 5.91 Å².